The molecule has 28 heavy (non-hydrogen) atoms. The Kier molecular flexibility index (Phi) is 5.15. The topological polar surface area (TPSA) is 28.4 Å². The predicted molar refractivity (Wildman–Crippen MR) is 120 cm³/mol. The molecule has 0 spiro atoms. The lowest BCUT2D eigenvalue weighted by molar-refractivity contribution is 0.0757. The minimum Gasteiger partial charge on any atom is -0.377 e. The quantitative estimate of drug-likeness (QED) is 0.486. The summed E-state index contributed by atoms with van der Waals surface area (Å²) >= 11 is 1.86. The molecular weight excluding hydrogens is 366 g/mol. The lowest BCUT2D eigenvalue weighted by Crippen LogP contribution is -2.49. The number of rotatable bonds is 2. The van der Waals surface area contributed by atoms with Crippen LogP contribution in [0.15, 0.2) is 24.3 Å². The van der Waals surface area contributed by atoms with Crippen LogP contribution in [-0.4, -0.2) is 44.4 Å². The molecule has 0 amide bonds. The van der Waals surface area contributed by atoms with Gasteiger partial charge in [-0.2, -0.15) is 0 Å². The van der Waals surface area contributed by atoms with Gasteiger partial charge in [0.1, 0.15) is 14.1 Å². The molecule has 1 fully saturated rings. The summed E-state index contributed by atoms with van der Waals surface area (Å²) in [4.78, 5) is 8.88. The summed E-state index contributed by atoms with van der Waals surface area (Å²) < 4.78 is 9.16. The van der Waals surface area contributed by atoms with E-state index in [-0.39, 0.29) is 0 Å². The third kappa shape index (κ3) is 3.31. The summed E-state index contributed by atoms with van der Waals surface area (Å²) in [6.45, 7) is 10.5. The highest BCUT2D eigenvalue weighted by atomic mass is 32.1. The lowest BCUT2D eigenvalue weighted by atomic mass is 10.1. The van der Waals surface area contributed by atoms with E-state index >= 15 is 0 Å². The van der Waals surface area contributed by atoms with Crippen LogP contribution in [0.2, 0.25) is 0 Å². The number of hydrogen-bond donors (Lipinski definition) is 0. The van der Waals surface area contributed by atoms with Gasteiger partial charge >= 0.3 is 0 Å². The summed E-state index contributed by atoms with van der Waals surface area (Å²) in [7, 11) is 4.20. The Balaban J connectivity index is 1.96. The Morgan fingerprint density at radius 1 is 1.14 bits per heavy atom. The fourth-order valence-corrected chi connectivity index (χ4v) is 5.40. The van der Waals surface area contributed by atoms with Gasteiger partial charge in [0.2, 0.25) is 5.36 Å². The zero-order chi connectivity index (χ0) is 20.0. The average Bonchev–Trinajstić information content (AvgIpc) is 2.65. The van der Waals surface area contributed by atoms with E-state index in [1.54, 1.807) is 0 Å². The van der Waals surface area contributed by atoms with E-state index in [0.717, 1.165) is 30.8 Å². The molecule has 3 aliphatic rings. The smallest absolute Gasteiger partial charge is 0.201 e. The highest BCUT2D eigenvalue weighted by molar-refractivity contribution is 7.21. The fraction of sp³-hybridized carbons (Fsp3) is 0.478. The second-order valence-corrected chi connectivity index (χ2v) is 9.25. The van der Waals surface area contributed by atoms with Crippen molar-refractivity contribution < 1.29 is 4.74 Å². The van der Waals surface area contributed by atoms with Crippen LogP contribution < -0.4 is 14.8 Å². The molecule has 2 aliphatic heterocycles. The first-order valence-electron chi connectivity index (χ1n) is 10.1. The predicted octanol–water partition coefficient (Wildman–Crippen LogP) is 3.92. The number of nitrogens with zero attached hydrogens (tertiary/aromatic N) is 3. The van der Waals surface area contributed by atoms with Crippen molar-refractivity contribution in [3.63, 3.8) is 0 Å². The van der Waals surface area contributed by atoms with Crippen LogP contribution in [-0.2, 0) is 11.2 Å². The first-order chi connectivity index (χ1) is 13.4. The van der Waals surface area contributed by atoms with Crippen molar-refractivity contribution in [3.05, 3.63) is 40.7 Å². The molecule has 2 unspecified atom stereocenters. The van der Waals surface area contributed by atoms with Gasteiger partial charge in [0.05, 0.1) is 34.0 Å². The van der Waals surface area contributed by atoms with Crippen molar-refractivity contribution in [2.45, 2.75) is 46.2 Å². The van der Waals surface area contributed by atoms with E-state index in [9.17, 15) is 0 Å². The molecule has 148 valence electrons. The van der Waals surface area contributed by atoms with Gasteiger partial charge in [-0.25, -0.2) is 9.56 Å². The van der Waals surface area contributed by atoms with Gasteiger partial charge in [0.25, 0.3) is 0 Å². The molecule has 2 heterocycles. The maximum absolute atomic E-state index is 5.73. The van der Waals surface area contributed by atoms with Crippen molar-refractivity contribution >= 4 is 27.2 Å². The molecule has 2 atom stereocenters. The monoisotopic (exact) mass is 396 g/mol. The maximum atomic E-state index is 5.73. The SMILES string of the molecule is CCc1cc(=[N+](C)C)cc2sc3cc(N4C(C)COCC4C)cc(C)c3nc1-2. The number of hydrogen-bond acceptors (Lipinski definition) is 4. The largest absolute Gasteiger partial charge is 0.377 e. The molecular formula is C23H30N3OS+. The van der Waals surface area contributed by atoms with Crippen molar-refractivity contribution in [1.29, 1.82) is 0 Å². The van der Waals surface area contributed by atoms with Crippen molar-refractivity contribution in [3.8, 4) is 10.6 Å². The van der Waals surface area contributed by atoms with Crippen LogP contribution in [0.25, 0.3) is 20.8 Å². The molecule has 1 aromatic carbocycles. The van der Waals surface area contributed by atoms with Crippen molar-refractivity contribution in [1.82, 2.24) is 9.56 Å². The zero-order valence-corrected chi connectivity index (χ0v) is 18.6. The first kappa shape index (κ1) is 19.3. The molecule has 0 radical (unpaired) electrons. The van der Waals surface area contributed by atoms with E-state index in [4.69, 9.17) is 9.72 Å². The molecule has 0 N–H and O–H groups in total. The number of fused-ring (bicyclic) bond motifs is 2. The van der Waals surface area contributed by atoms with Crippen LogP contribution in [0.5, 0.6) is 0 Å². The van der Waals surface area contributed by atoms with Gasteiger partial charge < -0.3 is 9.64 Å². The fourth-order valence-electron chi connectivity index (χ4n) is 4.22. The Morgan fingerprint density at radius 3 is 2.50 bits per heavy atom. The number of aromatic nitrogens is 1. The molecule has 0 saturated carbocycles. The van der Waals surface area contributed by atoms with E-state index in [0.29, 0.717) is 12.1 Å². The van der Waals surface area contributed by atoms with Gasteiger partial charge in [-0.3, -0.25) is 0 Å². The summed E-state index contributed by atoms with van der Waals surface area (Å²) in [5.74, 6) is 0. The Labute approximate surface area is 171 Å². The van der Waals surface area contributed by atoms with E-state index in [1.807, 2.05) is 11.3 Å². The van der Waals surface area contributed by atoms with Crippen LogP contribution >= 0.6 is 11.3 Å². The molecule has 1 saturated heterocycles. The minimum atomic E-state index is 0.381. The Bertz CT molecular complexity index is 1060. The Hall–Kier alpha value is -1.98. The molecule has 0 bridgehead atoms. The van der Waals surface area contributed by atoms with E-state index < -0.39 is 0 Å². The van der Waals surface area contributed by atoms with E-state index in [1.165, 1.54) is 31.7 Å². The first-order valence-corrected chi connectivity index (χ1v) is 10.9. The van der Waals surface area contributed by atoms with Crippen LogP contribution in [0, 0.1) is 6.92 Å². The number of morpholine rings is 1. The van der Waals surface area contributed by atoms with Crippen molar-refractivity contribution in [2.75, 3.05) is 32.2 Å². The Morgan fingerprint density at radius 2 is 1.86 bits per heavy atom. The van der Waals surface area contributed by atoms with Crippen molar-refractivity contribution in [2.24, 2.45) is 0 Å². The van der Waals surface area contributed by atoms with Gasteiger partial charge in [-0.05, 0) is 50.5 Å². The third-order valence-electron chi connectivity index (χ3n) is 5.70. The average molecular weight is 397 g/mol. The molecule has 4 rings (SSSR count). The maximum Gasteiger partial charge on any atom is 0.201 e. The van der Waals surface area contributed by atoms with Gasteiger partial charge in [0, 0.05) is 29.9 Å². The normalized spacial score (nSPS) is 20.1. The molecule has 1 aromatic rings. The standard InChI is InChI=1S/C23H30N3OS/c1-7-17-9-18(25(5)6)10-21-23(17)24-22-14(2)8-19(11-20(22)28-21)26-15(3)12-27-13-16(26)4/h8-11,15-16H,7,12-13H2,1-6H3/q+1. The number of aryl methyl sites for hydroxylation is 2. The highest BCUT2D eigenvalue weighted by Crippen LogP contribution is 2.36. The number of benzene rings is 2. The number of ether oxygens (including phenoxy) is 1. The number of anilines is 1. The second kappa shape index (κ2) is 7.45. The zero-order valence-electron chi connectivity index (χ0n) is 17.7. The summed E-state index contributed by atoms with van der Waals surface area (Å²) in [6, 6.07) is 9.93. The van der Waals surface area contributed by atoms with Crippen LogP contribution in [0.4, 0.5) is 5.69 Å². The lowest BCUT2D eigenvalue weighted by Gasteiger charge is -2.40. The summed E-state index contributed by atoms with van der Waals surface area (Å²) in [5, 5.41) is 1.24. The van der Waals surface area contributed by atoms with Gasteiger partial charge in [-0.1, -0.05) is 6.92 Å². The molecule has 1 aliphatic carbocycles. The van der Waals surface area contributed by atoms with E-state index in [2.05, 4.69) is 75.5 Å². The van der Waals surface area contributed by atoms with Crippen LogP contribution in [0.3, 0.4) is 0 Å². The summed E-state index contributed by atoms with van der Waals surface area (Å²) in [6.07, 6.45) is 0.989. The van der Waals surface area contributed by atoms with Gasteiger partial charge in [0.15, 0.2) is 0 Å². The molecule has 5 heteroatoms. The summed E-state index contributed by atoms with van der Waals surface area (Å²) in [5.41, 5.74) is 6.12. The third-order valence-corrected chi connectivity index (χ3v) is 6.76. The second-order valence-electron chi connectivity index (χ2n) is 8.17. The minimum absolute atomic E-state index is 0.381. The molecule has 4 nitrogen and oxygen atoms in total. The molecule has 0 aromatic heterocycles. The van der Waals surface area contributed by atoms with Gasteiger partial charge in [-0.15, -0.1) is 11.3 Å². The highest BCUT2D eigenvalue weighted by Gasteiger charge is 2.26. The van der Waals surface area contributed by atoms with Crippen LogP contribution in [0.1, 0.15) is 31.9 Å².